The smallest absolute Gasteiger partial charge is 0.156 e. The summed E-state index contributed by atoms with van der Waals surface area (Å²) in [5.41, 5.74) is 8.95. The number of hydrogen-bond acceptors (Lipinski definition) is 3. The highest BCUT2D eigenvalue weighted by Gasteiger charge is 2.18. The average Bonchev–Trinajstić information content (AvgIpc) is 2.82. The molecule has 2 aromatic rings. The van der Waals surface area contributed by atoms with Crippen LogP contribution in [-0.2, 0) is 19.4 Å². The molecule has 4 nitrogen and oxygen atoms in total. The Labute approximate surface area is 111 Å². The lowest BCUT2D eigenvalue weighted by molar-refractivity contribution is 0.654. The minimum absolute atomic E-state index is 0.453. The molecule has 2 N–H and O–H groups in total. The van der Waals surface area contributed by atoms with Gasteiger partial charge in [0.05, 0.1) is 10.7 Å². The summed E-state index contributed by atoms with van der Waals surface area (Å²) in [6.45, 7) is 0.453. The lowest BCUT2D eigenvalue weighted by atomic mass is 10.0. The molecular weight excluding hydrogens is 248 g/mol. The second-order valence-electron chi connectivity index (χ2n) is 4.57. The average molecular weight is 263 g/mol. The minimum atomic E-state index is 0.453. The quantitative estimate of drug-likeness (QED) is 0.903. The maximum absolute atomic E-state index is 6.28. The Bertz CT molecular complexity index is 576. The van der Waals surface area contributed by atoms with Crippen molar-refractivity contribution in [3.8, 4) is 5.82 Å². The highest BCUT2D eigenvalue weighted by Crippen LogP contribution is 2.26. The molecule has 0 atom stereocenters. The van der Waals surface area contributed by atoms with Gasteiger partial charge in [0.1, 0.15) is 6.33 Å². The van der Waals surface area contributed by atoms with Crippen molar-refractivity contribution in [2.24, 2.45) is 5.73 Å². The van der Waals surface area contributed by atoms with Gasteiger partial charge >= 0.3 is 0 Å². The Morgan fingerprint density at radius 1 is 1.28 bits per heavy atom. The van der Waals surface area contributed by atoms with Gasteiger partial charge in [0.2, 0.25) is 0 Å². The highest BCUT2D eigenvalue weighted by molar-refractivity contribution is 6.32. The summed E-state index contributed by atoms with van der Waals surface area (Å²) in [5.74, 6) is 0.754. The van der Waals surface area contributed by atoms with Crippen LogP contribution in [0.5, 0.6) is 0 Å². The van der Waals surface area contributed by atoms with Crippen molar-refractivity contribution in [3.63, 3.8) is 0 Å². The summed E-state index contributed by atoms with van der Waals surface area (Å²) >= 11 is 6.28. The molecule has 0 amide bonds. The number of pyridine rings is 1. The van der Waals surface area contributed by atoms with E-state index in [1.165, 1.54) is 24.2 Å². The Morgan fingerprint density at radius 3 is 2.89 bits per heavy atom. The first-order chi connectivity index (χ1) is 8.79. The summed E-state index contributed by atoms with van der Waals surface area (Å²) in [6, 6.07) is 1.87. The van der Waals surface area contributed by atoms with Crippen LogP contribution in [0, 0.1) is 0 Å². The molecule has 94 valence electrons. The molecule has 0 fully saturated rings. The van der Waals surface area contributed by atoms with Crippen LogP contribution in [0.4, 0.5) is 0 Å². The normalized spacial score (nSPS) is 14.6. The fourth-order valence-electron chi connectivity index (χ4n) is 2.41. The van der Waals surface area contributed by atoms with Crippen molar-refractivity contribution in [3.05, 3.63) is 40.6 Å². The molecule has 5 heteroatoms. The molecule has 0 bridgehead atoms. The molecule has 0 spiro atoms. The van der Waals surface area contributed by atoms with Crippen LogP contribution >= 0.6 is 11.6 Å². The zero-order chi connectivity index (χ0) is 12.5. The Hall–Kier alpha value is -1.39. The lowest BCUT2D eigenvalue weighted by Gasteiger charge is -2.14. The van der Waals surface area contributed by atoms with Crippen LogP contribution in [0.3, 0.4) is 0 Å². The Morgan fingerprint density at radius 2 is 2.11 bits per heavy atom. The van der Waals surface area contributed by atoms with Crippen LogP contribution in [0.15, 0.2) is 18.6 Å². The van der Waals surface area contributed by atoms with E-state index < -0.39 is 0 Å². The van der Waals surface area contributed by atoms with Gasteiger partial charge in [-0.25, -0.2) is 9.97 Å². The van der Waals surface area contributed by atoms with Gasteiger partial charge < -0.3 is 5.73 Å². The molecule has 2 aromatic heterocycles. The standard InChI is InChI=1S/C13H15ClN4/c14-10-5-9(6-15)7-16-13(10)18-8-17-11-3-1-2-4-12(11)18/h5,7-8H,1-4,6,15H2. The molecule has 1 aliphatic carbocycles. The monoisotopic (exact) mass is 262 g/mol. The van der Waals surface area contributed by atoms with Crippen molar-refractivity contribution in [2.45, 2.75) is 32.2 Å². The van der Waals surface area contributed by atoms with Crippen molar-refractivity contribution in [2.75, 3.05) is 0 Å². The zero-order valence-electron chi connectivity index (χ0n) is 10.1. The Balaban J connectivity index is 2.07. The lowest BCUT2D eigenvalue weighted by Crippen LogP contribution is -2.09. The van der Waals surface area contributed by atoms with E-state index in [0.717, 1.165) is 24.2 Å². The summed E-state index contributed by atoms with van der Waals surface area (Å²) in [5, 5.41) is 0.628. The van der Waals surface area contributed by atoms with E-state index in [0.29, 0.717) is 11.6 Å². The van der Waals surface area contributed by atoms with Gasteiger partial charge in [-0.2, -0.15) is 0 Å². The molecule has 18 heavy (non-hydrogen) atoms. The van der Waals surface area contributed by atoms with Crippen LogP contribution in [-0.4, -0.2) is 14.5 Å². The molecular formula is C13H15ClN4. The number of imidazole rings is 1. The van der Waals surface area contributed by atoms with E-state index in [9.17, 15) is 0 Å². The van der Waals surface area contributed by atoms with Gasteiger partial charge in [-0.15, -0.1) is 0 Å². The molecule has 0 aliphatic heterocycles. The number of nitrogens with two attached hydrogens (primary N) is 1. The fourth-order valence-corrected chi connectivity index (χ4v) is 2.69. The Kier molecular flexibility index (Phi) is 3.06. The largest absolute Gasteiger partial charge is 0.326 e. The third-order valence-corrected chi connectivity index (χ3v) is 3.65. The third-order valence-electron chi connectivity index (χ3n) is 3.37. The van der Waals surface area contributed by atoms with E-state index in [-0.39, 0.29) is 0 Å². The van der Waals surface area contributed by atoms with Gasteiger partial charge in [0.15, 0.2) is 5.82 Å². The molecule has 3 rings (SSSR count). The summed E-state index contributed by atoms with van der Waals surface area (Å²) in [4.78, 5) is 8.87. The maximum Gasteiger partial charge on any atom is 0.156 e. The number of aromatic nitrogens is 3. The van der Waals surface area contributed by atoms with Crippen molar-refractivity contribution >= 4 is 11.6 Å². The third kappa shape index (κ3) is 1.91. The van der Waals surface area contributed by atoms with Gasteiger partial charge in [-0.1, -0.05) is 11.6 Å². The van der Waals surface area contributed by atoms with Crippen LogP contribution in [0.1, 0.15) is 29.8 Å². The van der Waals surface area contributed by atoms with Crippen molar-refractivity contribution < 1.29 is 0 Å². The highest BCUT2D eigenvalue weighted by atomic mass is 35.5. The van der Waals surface area contributed by atoms with Crippen LogP contribution in [0.25, 0.3) is 5.82 Å². The minimum Gasteiger partial charge on any atom is -0.326 e. The molecule has 0 saturated heterocycles. The first-order valence-electron chi connectivity index (χ1n) is 6.19. The zero-order valence-corrected chi connectivity index (χ0v) is 10.8. The van der Waals surface area contributed by atoms with Gasteiger partial charge in [0.25, 0.3) is 0 Å². The van der Waals surface area contributed by atoms with Gasteiger partial charge in [-0.05, 0) is 37.3 Å². The number of fused-ring (bicyclic) bond motifs is 1. The van der Waals surface area contributed by atoms with E-state index in [4.69, 9.17) is 17.3 Å². The molecule has 2 heterocycles. The second kappa shape index (κ2) is 4.71. The number of halogens is 1. The fraction of sp³-hybridized carbons (Fsp3) is 0.385. The first kappa shape index (κ1) is 11.7. The predicted molar refractivity (Wildman–Crippen MR) is 70.9 cm³/mol. The predicted octanol–water partition coefficient (Wildman–Crippen LogP) is 2.26. The number of nitrogens with zero attached hydrogens (tertiary/aromatic N) is 3. The molecule has 0 radical (unpaired) electrons. The van der Waals surface area contributed by atoms with E-state index in [1.807, 2.05) is 17.0 Å². The van der Waals surface area contributed by atoms with Gasteiger partial charge in [0, 0.05) is 18.4 Å². The number of aryl methyl sites for hydroxylation is 1. The van der Waals surface area contributed by atoms with E-state index in [2.05, 4.69) is 9.97 Å². The topological polar surface area (TPSA) is 56.7 Å². The summed E-state index contributed by atoms with van der Waals surface area (Å²) in [7, 11) is 0. The number of rotatable bonds is 2. The van der Waals surface area contributed by atoms with Crippen molar-refractivity contribution in [1.82, 2.24) is 14.5 Å². The molecule has 0 aromatic carbocycles. The maximum atomic E-state index is 6.28. The molecule has 0 unspecified atom stereocenters. The van der Waals surface area contributed by atoms with E-state index in [1.54, 1.807) is 6.20 Å². The first-order valence-corrected chi connectivity index (χ1v) is 6.57. The summed E-state index contributed by atoms with van der Waals surface area (Å²) in [6.07, 6.45) is 8.13. The van der Waals surface area contributed by atoms with E-state index >= 15 is 0 Å². The second-order valence-corrected chi connectivity index (χ2v) is 4.98. The SMILES string of the molecule is NCc1cnc(-n2cnc3c2CCCC3)c(Cl)c1. The van der Waals surface area contributed by atoms with Gasteiger partial charge in [-0.3, -0.25) is 4.57 Å². The number of hydrogen-bond donors (Lipinski definition) is 1. The van der Waals surface area contributed by atoms with Crippen LogP contribution < -0.4 is 5.73 Å². The summed E-state index contributed by atoms with van der Waals surface area (Å²) < 4.78 is 2.01. The van der Waals surface area contributed by atoms with Crippen LogP contribution in [0.2, 0.25) is 5.02 Å². The molecule has 0 saturated carbocycles. The van der Waals surface area contributed by atoms with Crippen molar-refractivity contribution in [1.29, 1.82) is 0 Å². The molecule has 1 aliphatic rings.